The van der Waals surface area contributed by atoms with Gasteiger partial charge in [0.25, 0.3) is 0 Å². The summed E-state index contributed by atoms with van der Waals surface area (Å²) in [4.78, 5) is 43.5. The number of rotatable bonds is 10. The van der Waals surface area contributed by atoms with Crippen LogP contribution < -0.4 is 20.5 Å². The number of imidazole rings is 2. The van der Waals surface area contributed by atoms with Crippen LogP contribution in [-0.2, 0) is 9.59 Å². The molecule has 2 fully saturated rings. The molecule has 2 aromatic heterocycles. The molecule has 67 heavy (non-hydrogen) atoms. The fourth-order valence-corrected chi connectivity index (χ4v) is 7.09. The number of carbonyl (C=O) groups is 3. The van der Waals surface area contributed by atoms with E-state index in [4.69, 9.17) is 35.0 Å². The summed E-state index contributed by atoms with van der Waals surface area (Å²) in [6.07, 6.45) is 7.21. The van der Waals surface area contributed by atoms with Gasteiger partial charge in [-0.1, -0.05) is 50.7 Å². The quantitative estimate of drug-likeness (QED) is 0.0563. The number of benzene rings is 4. The largest absolute Gasteiger partial charge is 0.490 e. The highest BCUT2D eigenvalue weighted by atomic mass is 19.4. The van der Waals surface area contributed by atoms with Crippen LogP contribution in [0.5, 0.6) is 23.0 Å². The second-order valence-electron chi connectivity index (χ2n) is 16.0. The molecule has 6 aromatic rings. The third-order valence-corrected chi connectivity index (χ3v) is 10.9. The summed E-state index contributed by atoms with van der Waals surface area (Å²) in [5.41, 5.74) is 11.2. The lowest BCUT2D eigenvalue weighted by atomic mass is 9.89. The van der Waals surface area contributed by atoms with E-state index in [0.717, 1.165) is 64.2 Å². The summed E-state index contributed by atoms with van der Waals surface area (Å²) in [5.74, 6) is -0.651. The van der Waals surface area contributed by atoms with Crippen molar-refractivity contribution in [3.8, 4) is 23.0 Å². The standard InChI is InChI=1S/C22H27N3O.C15H12N2O2.C7H15N.2C2HF3O2/c1-16(23-14-17-5-3-2-4-6-17)18-7-9-19(10-8-18)26-20-11-12-21-22(13-20)25-15-24-21;1-10(18)11-2-4-12(5-3-11)19-13-6-7-14-15(8-13)17-9-16-14;8-6-7-4-2-1-3-5-7;2*3-2(4,5)1(6)7/h7-13,15-17,23H,2-6,14H2,1H3,(H,24,25);2-9H,1H3,(H,16,17);7H,1-6,8H2;2*(H,6,7). The van der Waals surface area contributed by atoms with E-state index in [1.54, 1.807) is 43.8 Å². The SMILES string of the molecule is CC(=O)c1ccc(Oc2ccc3nc[nH]c3c2)cc1.CC(NCC1CCCCC1)c1ccc(Oc2ccc3nc[nH]c3c2)cc1.NCC1CCCCC1.O=C(O)C(F)(F)F.O=C(O)C(F)(F)F. The molecule has 1 atom stereocenters. The summed E-state index contributed by atoms with van der Waals surface area (Å²) in [7, 11) is 0. The van der Waals surface area contributed by atoms with Crippen LogP contribution in [0.3, 0.4) is 0 Å². The van der Waals surface area contributed by atoms with Gasteiger partial charge in [-0.25, -0.2) is 19.6 Å². The summed E-state index contributed by atoms with van der Waals surface area (Å²) in [6, 6.07) is 27.4. The number of alkyl halides is 6. The fraction of sp³-hybridized carbons (Fsp3) is 0.396. The maximum atomic E-state index is 11.2. The molecule has 1 unspecified atom stereocenters. The number of nitrogens with two attached hydrogens (primary N) is 1. The van der Waals surface area contributed by atoms with Gasteiger partial charge in [-0.05, 0) is 131 Å². The molecule has 7 N–H and O–H groups in total. The van der Waals surface area contributed by atoms with Crippen molar-refractivity contribution in [1.82, 2.24) is 25.3 Å². The van der Waals surface area contributed by atoms with Gasteiger partial charge in [-0.2, -0.15) is 26.3 Å². The zero-order chi connectivity index (χ0) is 49.0. The predicted molar refractivity (Wildman–Crippen MR) is 241 cm³/mol. The Morgan fingerprint density at radius 1 is 0.657 bits per heavy atom. The van der Waals surface area contributed by atoms with Crippen LogP contribution in [0, 0.1) is 11.8 Å². The van der Waals surface area contributed by atoms with Crippen LogP contribution in [-0.4, -0.2) is 73.3 Å². The molecule has 2 saturated carbocycles. The van der Waals surface area contributed by atoms with Crippen LogP contribution >= 0.6 is 0 Å². The lowest BCUT2D eigenvalue weighted by molar-refractivity contribution is -0.193. The number of hydrogen-bond acceptors (Lipinski definition) is 9. The molecule has 2 aliphatic carbocycles. The van der Waals surface area contributed by atoms with E-state index in [2.05, 4.69) is 44.3 Å². The first-order valence-corrected chi connectivity index (χ1v) is 21.8. The summed E-state index contributed by atoms with van der Waals surface area (Å²) in [5, 5.41) is 18.0. The van der Waals surface area contributed by atoms with E-state index in [1.807, 2.05) is 48.5 Å². The Balaban J connectivity index is 0.000000207. The minimum absolute atomic E-state index is 0.0467. The molecule has 0 radical (unpaired) electrons. The van der Waals surface area contributed by atoms with Gasteiger partial charge >= 0.3 is 24.3 Å². The average molecular weight is 943 g/mol. The van der Waals surface area contributed by atoms with Crippen molar-refractivity contribution in [2.75, 3.05) is 13.1 Å². The van der Waals surface area contributed by atoms with Gasteiger partial charge in [0.2, 0.25) is 0 Å². The third-order valence-electron chi connectivity index (χ3n) is 10.9. The van der Waals surface area contributed by atoms with Crippen LogP contribution in [0.1, 0.15) is 100 Å². The maximum Gasteiger partial charge on any atom is 0.490 e. The van der Waals surface area contributed by atoms with E-state index in [9.17, 15) is 31.1 Å². The molecule has 0 amide bonds. The number of carboxylic acid groups (broad SMARTS) is 2. The second-order valence-corrected chi connectivity index (χ2v) is 16.0. The van der Waals surface area contributed by atoms with E-state index in [0.29, 0.717) is 17.4 Å². The van der Waals surface area contributed by atoms with Crippen molar-refractivity contribution in [2.24, 2.45) is 17.6 Å². The number of fused-ring (bicyclic) bond motifs is 2. The van der Waals surface area contributed by atoms with Gasteiger partial charge in [0, 0.05) is 23.7 Å². The predicted octanol–water partition coefficient (Wildman–Crippen LogP) is 11.9. The number of ketones is 1. The smallest absolute Gasteiger partial charge is 0.475 e. The van der Waals surface area contributed by atoms with Gasteiger partial charge in [0.1, 0.15) is 23.0 Å². The number of aromatic nitrogens is 4. The first kappa shape index (κ1) is 53.1. The van der Waals surface area contributed by atoms with Crippen molar-refractivity contribution >= 4 is 39.8 Å². The van der Waals surface area contributed by atoms with Crippen LogP contribution in [0.15, 0.2) is 97.6 Å². The first-order chi connectivity index (χ1) is 31.8. The molecule has 8 rings (SSSR count). The number of carbonyl (C=O) groups excluding carboxylic acids is 1. The van der Waals surface area contributed by atoms with E-state index in [1.165, 1.54) is 69.8 Å². The Morgan fingerprint density at radius 3 is 1.42 bits per heavy atom. The van der Waals surface area contributed by atoms with E-state index < -0.39 is 24.3 Å². The third kappa shape index (κ3) is 18.7. The zero-order valence-electron chi connectivity index (χ0n) is 37.1. The number of carboxylic acids is 2. The van der Waals surface area contributed by atoms with Crippen molar-refractivity contribution in [1.29, 1.82) is 0 Å². The Labute approximate surface area is 383 Å². The molecule has 4 aromatic carbocycles. The van der Waals surface area contributed by atoms with Crippen molar-refractivity contribution < 1.29 is 60.4 Å². The maximum absolute atomic E-state index is 11.2. The normalized spacial score (nSPS) is 14.6. The number of halogens is 6. The number of nitrogens with one attached hydrogen (secondary N) is 3. The molecule has 0 aliphatic heterocycles. The van der Waals surface area contributed by atoms with E-state index in [-0.39, 0.29) is 5.78 Å². The number of hydrogen-bond donors (Lipinski definition) is 6. The molecule has 2 aliphatic rings. The number of Topliss-reactive ketones (excluding diaryl/α,β-unsaturated/α-hetero) is 1. The number of aliphatic carboxylic acids is 2. The van der Waals surface area contributed by atoms with Gasteiger partial charge in [0.05, 0.1) is 34.7 Å². The Bertz CT molecular complexity index is 2400. The fourth-order valence-electron chi connectivity index (χ4n) is 7.09. The topological polar surface area (TPSA) is 206 Å². The summed E-state index contributed by atoms with van der Waals surface area (Å²) >= 11 is 0. The molecule has 0 saturated heterocycles. The molecular weight excluding hydrogens is 887 g/mol. The number of H-pyrrole nitrogens is 2. The average Bonchev–Trinajstić information content (AvgIpc) is 3.99. The van der Waals surface area contributed by atoms with Crippen LogP contribution in [0.2, 0.25) is 0 Å². The lowest BCUT2D eigenvalue weighted by Crippen LogP contribution is -2.27. The van der Waals surface area contributed by atoms with Gasteiger partial charge in [-0.15, -0.1) is 0 Å². The van der Waals surface area contributed by atoms with Gasteiger partial charge in [0.15, 0.2) is 5.78 Å². The molecule has 19 heteroatoms. The highest BCUT2D eigenvalue weighted by Crippen LogP contribution is 2.28. The summed E-state index contributed by atoms with van der Waals surface area (Å²) in [6.45, 7) is 5.83. The molecule has 0 bridgehead atoms. The first-order valence-electron chi connectivity index (χ1n) is 21.8. The van der Waals surface area contributed by atoms with Gasteiger partial charge < -0.3 is 40.7 Å². The van der Waals surface area contributed by atoms with Crippen LogP contribution in [0.4, 0.5) is 26.3 Å². The molecule has 2 heterocycles. The summed E-state index contributed by atoms with van der Waals surface area (Å²) < 4.78 is 75.2. The lowest BCUT2D eigenvalue weighted by Gasteiger charge is -2.24. The number of nitrogens with zero attached hydrogens (tertiary/aromatic N) is 2. The highest BCUT2D eigenvalue weighted by Gasteiger charge is 2.39. The Morgan fingerprint density at radius 2 is 1.04 bits per heavy atom. The molecular formula is C48H56F6N6O7. The minimum Gasteiger partial charge on any atom is -0.475 e. The van der Waals surface area contributed by atoms with Crippen molar-refractivity contribution in [3.05, 3.63) is 109 Å². The van der Waals surface area contributed by atoms with Crippen LogP contribution in [0.25, 0.3) is 22.1 Å². The molecule has 0 spiro atoms. The van der Waals surface area contributed by atoms with Crippen molar-refractivity contribution in [2.45, 2.75) is 96.5 Å². The molecule has 13 nitrogen and oxygen atoms in total. The Kier molecular flexibility index (Phi) is 20.6. The monoisotopic (exact) mass is 942 g/mol. The number of aromatic amines is 2. The second kappa shape index (κ2) is 26.0. The minimum atomic E-state index is -5.08. The number of ether oxygens (including phenoxy) is 2. The van der Waals surface area contributed by atoms with Crippen molar-refractivity contribution in [3.63, 3.8) is 0 Å². The van der Waals surface area contributed by atoms with E-state index >= 15 is 0 Å². The van der Waals surface area contributed by atoms with Gasteiger partial charge in [-0.3, -0.25) is 4.79 Å². The highest BCUT2D eigenvalue weighted by molar-refractivity contribution is 5.94. The Hall–Kier alpha value is -6.47. The zero-order valence-corrected chi connectivity index (χ0v) is 37.1. The molecule has 362 valence electrons.